The van der Waals surface area contributed by atoms with Gasteiger partial charge >= 0.3 is 5.97 Å². The fraction of sp³-hybridized carbons (Fsp3) is 0.211. The van der Waals surface area contributed by atoms with Crippen LogP contribution in [0.3, 0.4) is 0 Å². The molecule has 138 valence electrons. The first-order valence-electron chi connectivity index (χ1n) is 8.25. The van der Waals surface area contributed by atoms with Gasteiger partial charge < -0.3 is 23.5 Å². The minimum atomic E-state index is -0.850. The van der Waals surface area contributed by atoms with E-state index in [1.807, 2.05) is 24.3 Å². The van der Waals surface area contributed by atoms with Crippen molar-refractivity contribution in [3.05, 3.63) is 54.4 Å². The zero-order valence-electron chi connectivity index (χ0n) is 14.5. The molecule has 4 rings (SSSR count). The molecule has 0 fully saturated rings. The first-order valence-corrected chi connectivity index (χ1v) is 8.25. The maximum absolute atomic E-state index is 12.2. The monoisotopic (exact) mass is 368 g/mol. The summed E-state index contributed by atoms with van der Waals surface area (Å²) >= 11 is 0. The number of nitrogens with zero attached hydrogens (tertiary/aromatic N) is 2. The van der Waals surface area contributed by atoms with Crippen LogP contribution in [0, 0.1) is 0 Å². The molecule has 1 aromatic heterocycles. The van der Waals surface area contributed by atoms with Crippen LogP contribution in [0.4, 0.5) is 0 Å². The Morgan fingerprint density at radius 3 is 2.78 bits per heavy atom. The number of esters is 1. The van der Waals surface area contributed by atoms with Gasteiger partial charge in [0.05, 0.1) is 12.7 Å². The molecule has 2 aromatic carbocycles. The van der Waals surface area contributed by atoms with Crippen LogP contribution in [0.1, 0.15) is 5.89 Å². The lowest BCUT2D eigenvalue weighted by atomic mass is 10.2. The Labute approximate surface area is 154 Å². The van der Waals surface area contributed by atoms with Crippen molar-refractivity contribution >= 4 is 5.97 Å². The summed E-state index contributed by atoms with van der Waals surface area (Å²) < 4.78 is 26.8. The number of hydrogen-bond acceptors (Lipinski definition) is 8. The molecule has 0 N–H and O–H groups in total. The molecule has 1 aliphatic heterocycles. The second-order valence-electron chi connectivity index (χ2n) is 5.68. The predicted octanol–water partition coefficient (Wildman–Crippen LogP) is 2.63. The molecular weight excluding hydrogens is 352 g/mol. The Morgan fingerprint density at radius 2 is 1.93 bits per heavy atom. The smallest absolute Gasteiger partial charge is 0.351 e. The molecular formula is C19H16N2O6. The molecule has 1 aliphatic rings. The third-order valence-corrected chi connectivity index (χ3v) is 3.93. The van der Waals surface area contributed by atoms with E-state index in [0.29, 0.717) is 28.6 Å². The molecule has 1 atom stereocenters. The Kier molecular flexibility index (Phi) is 4.61. The third-order valence-electron chi connectivity index (χ3n) is 3.93. The normalized spacial score (nSPS) is 15.2. The quantitative estimate of drug-likeness (QED) is 0.635. The van der Waals surface area contributed by atoms with E-state index in [2.05, 4.69) is 10.1 Å². The van der Waals surface area contributed by atoms with Crippen molar-refractivity contribution < 1.29 is 28.3 Å². The minimum Gasteiger partial charge on any atom is -0.496 e. The second kappa shape index (κ2) is 7.36. The molecule has 8 heteroatoms. The van der Waals surface area contributed by atoms with E-state index >= 15 is 0 Å². The van der Waals surface area contributed by atoms with Crippen molar-refractivity contribution in [3.63, 3.8) is 0 Å². The zero-order chi connectivity index (χ0) is 18.6. The molecule has 0 saturated carbocycles. The van der Waals surface area contributed by atoms with Gasteiger partial charge in [0.2, 0.25) is 11.9 Å². The van der Waals surface area contributed by atoms with E-state index in [1.165, 1.54) is 0 Å². The van der Waals surface area contributed by atoms with Crippen molar-refractivity contribution in [2.24, 2.45) is 0 Å². The first kappa shape index (κ1) is 16.9. The summed E-state index contributed by atoms with van der Waals surface area (Å²) in [5, 5.41) is 3.90. The highest BCUT2D eigenvalue weighted by molar-refractivity contribution is 5.76. The van der Waals surface area contributed by atoms with Crippen LogP contribution in [-0.2, 0) is 16.1 Å². The van der Waals surface area contributed by atoms with Gasteiger partial charge in [-0.1, -0.05) is 29.4 Å². The number of hydrogen-bond donors (Lipinski definition) is 0. The molecule has 0 bridgehead atoms. The molecule has 0 amide bonds. The highest BCUT2D eigenvalue weighted by Gasteiger charge is 2.29. The van der Waals surface area contributed by atoms with E-state index in [4.69, 9.17) is 23.5 Å². The molecule has 0 aliphatic carbocycles. The highest BCUT2D eigenvalue weighted by Crippen LogP contribution is 2.31. The Morgan fingerprint density at radius 1 is 1.15 bits per heavy atom. The number of rotatable bonds is 5. The number of benzene rings is 2. The summed E-state index contributed by atoms with van der Waals surface area (Å²) in [6.45, 7) is -0.0887. The number of para-hydroxylation sites is 3. The number of methoxy groups -OCH3 is 1. The van der Waals surface area contributed by atoms with Crippen molar-refractivity contribution in [1.82, 2.24) is 10.1 Å². The van der Waals surface area contributed by atoms with Crippen molar-refractivity contribution in [1.29, 1.82) is 0 Å². The second-order valence-corrected chi connectivity index (χ2v) is 5.68. The number of fused-ring (bicyclic) bond motifs is 1. The molecule has 0 spiro atoms. The van der Waals surface area contributed by atoms with Crippen LogP contribution >= 0.6 is 0 Å². The molecule has 3 aromatic rings. The van der Waals surface area contributed by atoms with Crippen LogP contribution in [0.25, 0.3) is 11.4 Å². The summed E-state index contributed by atoms with van der Waals surface area (Å²) in [5.41, 5.74) is 0.682. The lowest BCUT2D eigenvalue weighted by molar-refractivity contribution is -0.156. The number of carbonyl (C=O) groups is 1. The molecule has 0 radical (unpaired) electrons. The van der Waals surface area contributed by atoms with E-state index in [0.717, 1.165) is 0 Å². The predicted molar refractivity (Wildman–Crippen MR) is 92.4 cm³/mol. The molecule has 2 heterocycles. The van der Waals surface area contributed by atoms with Crippen molar-refractivity contribution in [2.75, 3.05) is 13.7 Å². The number of carbonyl (C=O) groups excluding carboxylic acids is 1. The van der Waals surface area contributed by atoms with Gasteiger partial charge in [-0.15, -0.1) is 0 Å². The zero-order valence-corrected chi connectivity index (χ0v) is 14.5. The summed E-state index contributed by atoms with van der Waals surface area (Å²) in [5.74, 6) is 1.67. The topological polar surface area (TPSA) is 92.9 Å². The first-order chi connectivity index (χ1) is 13.2. The largest absolute Gasteiger partial charge is 0.496 e. The standard InChI is InChI=1S/C19H16N2O6/c1-23-13-7-3-2-6-12(13)18-20-17(27-21-18)11-25-19(22)16-10-24-14-8-4-5-9-15(14)26-16/h2-9,16H,10-11H2,1H3/t16-/m1/s1. The maximum Gasteiger partial charge on any atom is 0.351 e. The molecule has 0 saturated heterocycles. The number of aromatic nitrogens is 2. The fourth-order valence-electron chi connectivity index (χ4n) is 2.61. The fourth-order valence-corrected chi connectivity index (χ4v) is 2.61. The summed E-state index contributed by atoms with van der Waals surface area (Å²) in [7, 11) is 1.56. The van der Waals surface area contributed by atoms with E-state index in [1.54, 1.807) is 31.4 Å². The van der Waals surface area contributed by atoms with Gasteiger partial charge in [0, 0.05) is 0 Å². The average Bonchev–Trinajstić information content (AvgIpc) is 3.20. The summed E-state index contributed by atoms with van der Waals surface area (Å²) in [4.78, 5) is 16.5. The maximum atomic E-state index is 12.2. The van der Waals surface area contributed by atoms with Gasteiger partial charge in [0.15, 0.2) is 18.1 Å². The SMILES string of the molecule is COc1ccccc1-c1noc(COC(=O)[C@H]2COc3ccccc3O2)n1. The average molecular weight is 368 g/mol. The summed E-state index contributed by atoms with van der Waals surface area (Å²) in [6, 6.07) is 14.4. The van der Waals surface area contributed by atoms with Crippen molar-refractivity contribution in [3.8, 4) is 28.6 Å². The van der Waals surface area contributed by atoms with Crippen LogP contribution in [0.5, 0.6) is 17.2 Å². The van der Waals surface area contributed by atoms with Gasteiger partial charge in [-0.25, -0.2) is 4.79 Å². The van der Waals surface area contributed by atoms with E-state index < -0.39 is 12.1 Å². The Balaban J connectivity index is 1.38. The van der Waals surface area contributed by atoms with Crippen LogP contribution < -0.4 is 14.2 Å². The molecule has 0 unspecified atom stereocenters. The lowest BCUT2D eigenvalue weighted by Gasteiger charge is -2.24. The minimum absolute atomic E-state index is 0.0755. The Bertz CT molecular complexity index is 955. The number of ether oxygens (including phenoxy) is 4. The summed E-state index contributed by atoms with van der Waals surface area (Å²) in [6.07, 6.45) is -0.850. The third kappa shape index (κ3) is 3.55. The van der Waals surface area contributed by atoms with Gasteiger partial charge in [0.25, 0.3) is 5.89 Å². The van der Waals surface area contributed by atoms with E-state index in [-0.39, 0.29) is 19.1 Å². The Hall–Kier alpha value is -3.55. The molecule has 8 nitrogen and oxygen atoms in total. The van der Waals surface area contributed by atoms with E-state index in [9.17, 15) is 4.79 Å². The van der Waals surface area contributed by atoms with Crippen LogP contribution in [-0.4, -0.2) is 35.9 Å². The van der Waals surface area contributed by atoms with Gasteiger partial charge in [-0.2, -0.15) is 4.98 Å². The van der Waals surface area contributed by atoms with Crippen LogP contribution in [0.15, 0.2) is 53.1 Å². The van der Waals surface area contributed by atoms with Gasteiger partial charge in [0.1, 0.15) is 12.4 Å². The van der Waals surface area contributed by atoms with Crippen molar-refractivity contribution in [2.45, 2.75) is 12.7 Å². The van der Waals surface area contributed by atoms with Crippen LogP contribution in [0.2, 0.25) is 0 Å². The van der Waals surface area contributed by atoms with Gasteiger partial charge in [-0.05, 0) is 24.3 Å². The molecule has 27 heavy (non-hydrogen) atoms. The van der Waals surface area contributed by atoms with Gasteiger partial charge in [-0.3, -0.25) is 0 Å². The lowest BCUT2D eigenvalue weighted by Crippen LogP contribution is -2.37. The highest BCUT2D eigenvalue weighted by atomic mass is 16.6.